The molecule has 25 heavy (non-hydrogen) atoms. The standard InChI is InChI=1S/C15H19F4N3OS2/c1-9(3-20-10(23)13(24-2)6-15(18,19)7-13)12(4-14(16,17)5-12)11-22-21-8-25-11/h8-9H,3-7H2,1-2H3,(H,20,23). The lowest BCUT2D eigenvalue weighted by Crippen LogP contribution is -2.60. The van der Waals surface area contributed by atoms with E-state index in [9.17, 15) is 22.4 Å². The van der Waals surface area contributed by atoms with Gasteiger partial charge in [-0.2, -0.15) is 0 Å². The molecule has 1 heterocycles. The Morgan fingerprint density at radius 1 is 1.28 bits per heavy atom. The van der Waals surface area contributed by atoms with Crippen molar-refractivity contribution >= 4 is 29.0 Å². The summed E-state index contributed by atoms with van der Waals surface area (Å²) in [4.78, 5) is 12.4. The molecule has 1 atom stereocenters. The summed E-state index contributed by atoms with van der Waals surface area (Å²) in [6.07, 6.45) is -0.00854. The van der Waals surface area contributed by atoms with E-state index in [0.29, 0.717) is 5.01 Å². The van der Waals surface area contributed by atoms with Crippen LogP contribution < -0.4 is 5.32 Å². The molecule has 3 rings (SSSR count). The third-order valence-electron chi connectivity index (χ3n) is 5.34. The number of halogens is 4. The quantitative estimate of drug-likeness (QED) is 0.747. The number of rotatable bonds is 6. The Bertz CT molecular complexity index is 637. The topological polar surface area (TPSA) is 54.9 Å². The number of carbonyl (C=O) groups excluding carboxylic acids is 1. The lowest BCUT2D eigenvalue weighted by atomic mass is 9.59. The molecule has 0 aromatic carbocycles. The van der Waals surface area contributed by atoms with Crippen molar-refractivity contribution in [1.82, 2.24) is 15.5 Å². The van der Waals surface area contributed by atoms with Crippen LogP contribution in [0.5, 0.6) is 0 Å². The van der Waals surface area contributed by atoms with Crippen LogP contribution in [0.1, 0.15) is 37.6 Å². The third-order valence-corrected chi connectivity index (χ3v) is 7.51. The van der Waals surface area contributed by atoms with Crippen LogP contribution in [0, 0.1) is 5.92 Å². The van der Waals surface area contributed by atoms with Gasteiger partial charge in [-0.1, -0.05) is 6.92 Å². The normalized spacial score (nSPS) is 26.2. The van der Waals surface area contributed by atoms with E-state index in [1.165, 1.54) is 16.8 Å². The highest BCUT2D eigenvalue weighted by Crippen LogP contribution is 2.57. The maximum absolute atomic E-state index is 13.6. The van der Waals surface area contributed by atoms with Gasteiger partial charge in [0.2, 0.25) is 11.8 Å². The predicted octanol–water partition coefficient (Wildman–Crippen LogP) is 3.49. The lowest BCUT2D eigenvalue weighted by Gasteiger charge is -2.50. The molecular weight excluding hydrogens is 378 g/mol. The minimum atomic E-state index is -2.81. The summed E-state index contributed by atoms with van der Waals surface area (Å²) in [5.41, 5.74) is 0.673. The summed E-state index contributed by atoms with van der Waals surface area (Å²) in [5.74, 6) is -6.31. The Hall–Kier alpha value is -0.900. The summed E-state index contributed by atoms with van der Waals surface area (Å²) < 4.78 is 52.4. The smallest absolute Gasteiger partial charge is 0.251 e. The fraction of sp³-hybridized carbons (Fsp3) is 0.800. The second kappa shape index (κ2) is 6.07. The number of amides is 1. The molecule has 4 nitrogen and oxygen atoms in total. The Balaban J connectivity index is 1.65. The van der Waals surface area contributed by atoms with Crippen molar-refractivity contribution in [3.05, 3.63) is 10.5 Å². The first kappa shape index (κ1) is 18.9. The molecule has 140 valence electrons. The number of alkyl halides is 4. The molecule has 1 aromatic heterocycles. The second-order valence-electron chi connectivity index (χ2n) is 7.13. The summed E-state index contributed by atoms with van der Waals surface area (Å²) >= 11 is 2.34. The van der Waals surface area contributed by atoms with E-state index in [1.807, 2.05) is 0 Å². The van der Waals surface area contributed by atoms with Crippen LogP contribution in [0.2, 0.25) is 0 Å². The first-order chi connectivity index (χ1) is 11.5. The summed E-state index contributed by atoms with van der Waals surface area (Å²) in [6.45, 7) is 1.92. The molecule has 0 aliphatic heterocycles. The van der Waals surface area contributed by atoms with Gasteiger partial charge in [0, 0.05) is 37.6 Å². The highest BCUT2D eigenvalue weighted by atomic mass is 32.2. The minimum Gasteiger partial charge on any atom is -0.355 e. The Kier molecular flexibility index (Phi) is 4.59. The molecule has 0 saturated heterocycles. The highest BCUT2D eigenvalue weighted by molar-refractivity contribution is 8.00. The molecule has 0 spiro atoms. The summed E-state index contributed by atoms with van der Waals surface area (Å²) in [5, 5.41) is 10.9. The molecule has 10 heteroatoms. The van der Waals surface area contributed by atoms with Gasteiger partial charge in [-0.05, 0) is 12.2 Å². The number of hydrogen-bond donors (Lipinski definition) is 1. The van der Waals surface area contributed by atoms with Crippen LogP contribution in [-0.2, 0) is 10.2 Å². The van der Waals surface area contributed by atoms with Crippen LogP contribution in [-0.4, -0.2) is 45.5 Å². The van der Waals surface area contributed by atoms with Crippen molar-refractivity contribution in [2.75, 3.05) is 12.8 Å². The number of nitrogens with one attached hydrogen (secondary N) is 1. The van der Waals surface area contributed by atoms with Crippen molar-refractivity contribution in [3.63, 3.8) is 0 Å². The SMILES string of the molecule is CSC1(C(=O)NCC(C)C2(c3nncs3)CC(F)(F)C2)CC(F)(F)C1. The zero-order chi connectivity index (χ0) is 18.5. The summed E-state index contributed by atoms with van der Waals surface area (Å²) in [7, 11) is 0. The van der Waals surface area contributed by atoms with Gasteiger partial charge in [-0.3, -0.25) is 4.79 Å². The molecular formula is C15H19F4N3OS2. The largest absolute Gasteiger partial charge is 0.355 e. The van der Waals surface area contributed by atoms with Crippen molar-refractivity contribution in [2.24, 2.45) is 5.92 Å². The van der Waals surface area contributed by atoms with E-state index in [1.54, 1.807) is 13.2 Å². The number of hydrogen-bond acceptors (Lipinski definition) is 5. The Morgan fingerprint density at radius 3 is 2.32 bits per heavy atom. The average Bonchev–Trinajstić information content (AvgIpc) is 3.00. The molecule has 0 bridgehead atoms. The third kappa shape index (κ3) is 3.27. The van der Waals surface area contributed by atoms with Crippen LogP contribution in [0.4, 0.5) is 17.6 Å². The van der Waals surface area contributed by atoms with Crippen molar-refractivity contribution in [1.29, 1.82) is 0 Å². The lowest BCUT2D eigenvalue weighted by molar-refractivity contribution is -0.148. The maximum atomic E-state index is 13.6. The number of nitrogens with zero attached hydrogens (tertiary/aromatic N) is 2. The highest BCUT2D eigenvalue weighted by Gasteiger charge is 2.62. The fourth-order valence-corrected chi connectivity index (χ4v) is 5.59. The monoisotopic (exact) mass is 397 g/mol. The van der Waals surface area contributed by atoms with Crippen LogP contribution in [0.3, 0.4) is 0 Å². The van der Waals surface area contributed by atoms with E-state index in [-0.39, 0.29) is 25.3 Å². The molecule has 2 fully saturated rings. The van der Waals surface area contributed by atoms with Crippen LogP contribution in [0.15, 0.2) is 5.51 Å². The number of carbonyl (C=O) groups is 1. The Morgan fingerprint density at radius 2 is 1.88 bits per heavy atom. The van der Waals surface area contributed by atoms with Crippen molar-refractivity contribution in [3.8, 4) is 0 Å². The van der Waals surface area contributed by atoms with Crippen molar-refractivity contribution < 1.29 is 22.4 Å². The molecule has 1 amide bonds. The number of thioether (sulfide) groups is 1. The zero-order valence-corrected chi connectivity index (χ0v) is 15.5. The van der Waals surface area contributed by atoms with E-state index < -0.39 is 40.8 Å². The molecule has 1 aromatic rings. The molecule has 2 saturated carbocycles. The summed E-state index contributed by atoms with van der Waals surface area (Å²) in [6, 6.07) is 0. The molecule has 2 aliphatic carbocycles. The first-order valence-corrected chi connectivity index (χ1v) is 10.0. The van der Waals surface area contributed by atoms with Crippen LogP contribution in [0.25, 0.3) is 0 Å². The zero-order valence-electron chi connectivity index (χ0n) is 13.8. The van der Waals surface area contributed by atoms with E-state index in [2.05, 4.69) is 15.5 Å². The second-order valence-corrected chi connectivity index (χ2v) is 9.15. The fourth-order valence-electron chi connectivity index (χ4n) is 3.76. The van der Waals surface area contributed by atoms with Gasteiger partial charge in [0.15, 0.2) is 0 Å². The van der Waals surface area contributed by atoms with Gasteiger partial charge >= 0.3 is 0 Å². The average molecular weight is 397 g/mol. The van der Waals surface area contributed by atoms with Crippen molar-refractivity contribution in [2.45, 2.75) is 54.6 Å². The predicted molar refractivity (Wildman–Crippen MR) is 88.4 cm³/mol. The molecule has 2 aliphatic rings. The van der Waals surface area contributed by atoms with Gasteiger partial charge in [0.25, 0.3) is 5.92 Å². The molecule has 1 unspecified atom stereocenters. The first-order valence-electron chi connectivity index (χ1n) is 7.90. The van der Waals surface area contributed by atoms with Gasteiger partial charge < -0.3 is 5.32 Å². The van der Waals surface area contributed by atoms with Gasteiger partial charge in [-0.25, -0.2) is 17.6 Å². The van der Waals surface area contributed by atoms with Gasteiger partial charge in [-0.15, -0.1) is 33.3 Å². The van der Waals surface area contributed by atoms with Crippen LogP contribution >= 0.6 is 23.1 Å². The minimum absolute atomic E-state index is 0.141. The van der Waals surface area contributed by atoms with E-state index in [0.717, 1.165) is 11.8 Å². The van der Waals surface area contributed by atoms with Gasteiger partial charge in [0.05, 0.1) is 0 Å². The van der Waals surface area contributed by atoms with E-state index >= 15 is 0 Å². The number of aromatic nitrogens is 2. The Labute approximate surface area is 151 Å². The van der Waals surface area contributed by atoms with Gasteiger partial charge in [0.1, 0.15) is 15.3 Å². The van der Waals surface area contributed by atoms with E-state index in [4.69, 9.17) is 0 Å². The molecule has 0 radical (unpaired) electrons. The maximum Gasteiger partial charge on any atom is 0.251 e. The molecule has 1 N–H and O–H groups in total.